The maximum atomic E-state index is 12.8. The topological polar surface area (TPSA) is 38.8 Å². The van der Waals surface area contributed by atoms with Gasteiger partial charge < -0.3 is 9.47 Å². The molecule has 3 rings (SSSR count). The van der Waals surface area contributed by atoms with Crippen LogP contribution in [0.25, 0.3) is 6.08 Å². The van der Waals surface area contributed by atoms with Crippen molar-refractivity contribution in [3.63, 3.8) is 0 Å². The molecule has 6 heteroatoms. The second-order valence-electron chi connectivity index (χ2n) is 4.96. The minimum Gasteiger partial charge on any atom is -0.497 e. The van der Waals surface area contributed by atoms with E-state index in [4.69, 9.17) is 21.7 Å². The average molecular weight is 357 g/mol. The number of rotatable bonds is 4. The number of thioether (sulfide) groups is 1. The lowest BCUT2D eigenvalue weighted by Gasteiger charge is -2.17. The molecule has 2 aromatic carbocycles. The number of thiocarbonyl (C=S) groups is 1. The number of anilines is 1. The fourth-order valence-corrected chi connectivity index (χ4v) is 3.63. The summed E-state index contributed by atoms with van der Waals surface area (Å²) in [5, 5.41) is 0. The maximum Gasteiger partial charge on any atom is 0.270 e. The Hall–Kier alpha value is -2.31. The molecule has 0 N–H and O–H groups in total. The van der Waals surface area contributed by atoms with Gasteiger partial charge in [-0.15, -0.1) is 0 Å². The standard InChI is InChI=1S/C18H15NO3S2/c1-21-13-9-7-12(8-10-13)11-16-17(20)19(18(23)24-16)14-5-3-4-6-15(14)22-2/h3-11H,1-2H3/b16-11-. The van der Waals surface area contributed by atoms with Gasteiger partial charge in [0.25, 0.3) is 5.91 Å². The molecule has 4 nitrogen and oxygen atoms in total. The molecular weight excluding hydrogens is 342 g/mol. The van der Waals surface area contributed by atoms with E-state index in [1.165, 1.54) is 16.7 Å². The van der Waals surface area contributed by atoms with Gasteiger partial charge in [0, 0.05) is 0 Å². The molecule has 0 bridgehead atoms. The van der Waals surface area contributed by atoms with Crippen molar-refractivity contribution in [3.8, 4) is 11.5 Å². The van der Waals surface area contributed by atoms with Gasteiger partial charge in [-0.1, -0.05) is 48.2 Å². The van der Waals surface area contributed by atoms with Crippen LogP contribution in [0.3, 0.4) is 0 Å². The number of ether oxygens (including phenoxy) is 2. The molecule has 1 heterocycles. The Kier molecular flexibility index (Phi) is 4.87. The van der Waals surface area contributed by atoms with Crippen LogP contribution < -0.4 is 14.4 Å². The van der Waals surface area contributed by atoms with Crippen LogP contribution in [0.2, 0.25) is 0 Å². The van der Waals surface area contributed by atoms with Crippen LogP contribution in [-0.4, -0.2) is 24.4 Å². The Bertz CT molecular complexity index is 815. The largest absolute Gasteiger partial charge is 0.497 e. The van der Waals surface area contributed by atoms with Gasteiger partial charge in [0.05, 0.1) is 24.8 Å². The van der Waals surface area contributed by atoms with Crippen molar-refractivity contribution in [2.45, 2.75) is 0 Å². The Morgan fingerprint density at radius 3 is 2.42 bits per heavy atom. The lowest BCUT2D eigenvalue weighted by atomic mass is 10.2. The second kappa shape index (κ2) is 7.07. The van der Waals surface area contributed by atoms with E-state index in [1.807, 2.05) is 48.5 Å². The molecule has 0 radical (unpaired) electrons. The summed E-state index contributed by atoms with van der Waals surface area (Å²) in [7, 11) is 3.19. The first-order valence-electron chi connectivity index (χ1n) is 7.19. The highest BCUT2D eigenvalue weighted by atomic mass is 32.2. The van der Waals surface area contributed by atoms with E-state index in [-0.39, 0.29) is 5.91 Å². The summed E-state index contributed by atoms with van der Waals surface area (Å²) in [6, 6.07) is 14.8. The molecule has 0 aliphatic carbocycles. The zero-order valence-electron chi connectivity index (χ0n) is 13.2. The summed E-state index contributed by atoms with van der Waals surface area (Å²) < 4.78 is 11.0. The quantitative estimate of drug-likeness (QED) is 0.608. The molecule has 24 heavy (non-hydrogen) atoms. The van der Waals surface area contributed by atoms with Crippen molar-refractivity contribution in [2.75, 3.05) is 19.1 Å². The third-order valence-electron chi connectivity index (χ3n) is 3.53. The molecule has 2 aromatic rings. The van der Waals surface area contributed by atoms with E-state index in [9.17, 15) is 4.79 Å². The van der Waals surface area contributed by atoms with Crippen LogP contribution in [0.15, 0.2) is 53.4 Å². The summed E-state index contributed by atoms with van der Waals surface area (Å²) in [5.74, 6) is 1.23. The van der Waals surface area contributed by atoms with Crippen molar-refractivity contribution < 1.29 is 14.3 Å². The summed E-state index contributed by atoms with van der Waals surface area (Å²) >= 11 is 6.67. The van der Waals surface area contributed by atoms with Gasteiger partial charge in [0.1, 0.15) is 11.5 Å². The minimum atomic E-state index is -0.148. The molecule has 0 unspecified atom stereocenters. The van der Waals surface area contributed by atoms with Crippen LogP contribution >= 0.6 is 24.0 Å². The molecule has 1 fully saturated rings. The Labute approximate surface area is 150 Å². The first-order valence-corrected chi connectivity index (χ1v) is 8.41. The van der Waals surface area contributed by atoms with Gasteiger partial charge in [0.2, 0.25) is 0 Å². The maximum absolute atomic E-state index is 12.8. The second-order valence-corrected chi connectivity index (χ2v) is 6.64. The molecular formula is C18H15NO3S2. The van der Waals surface area contributed by atoms with Gasteiger partial charge in [-0.3, -0.25) is 9.69 Å². The molecule has 0 spiro atoms. The Balaban J connectivity index is 1.92. The third-order valence-corrected chi connectivity index (χ3v) is 4.84. The molecule has 1 aliphatic heterocycles. The predicted molar refractivity (Wildman–Crippen MR) is 102 cm³/mol. The van der Waals surface area contributed by atoms with Gasteiger partial charge in [-0.2, -0.15) is 0 Å². The minimum absolute atomic E-state index is 0.148. The highest BCUT2D eigenvalue weighted by Crippen LogP contribution is 2.39. The Morgan fingerprint density at radius 1 is 1.04 bits per heavy atom. The average Bonchev–Trinajstić information content (AvgIpc) is 2.89. The van der Waals surface area contributed by atoms with Crippen molar-refractivity contribution in [1.82, 2.24) is 0 Å². The summed E-state index contributed by atoms with van der Waals surface area (Å²) in [6.07, 6.45) is 1.83. The van der Waals surface area contributed by atoms with Gasteiger partial charge >= 0.3 is 0 Å². The van der Waals surface area contributed by atoms with Crippen molar-refractivity contribution in [3.05, 3.63) is 59.0 Å². The number of benzene rings is 2. The first kappa shape index (κ1) is 16.5. The van der Waals surface area contributed by atoms with E-state index in [0.717, 1.165) is 11.3 Å². The highest BCUT2D eigenvalue weighted by molar-refractivity contribution is 8.27. The fraction of sp³-hybridized carbons (Fsp3) is 0.111. The fourth-order valence-electron chi connectivity index (χ4n) is 2.34. The summed E-state index contributed by atoms with van der Waals surface area (Å²) in [4.78, 5) is 14.9. The highest BCUT2D eigenvalue weighted by Gasteiger charge is 2.34. The number of nitrogens with zero attached hydrogens (tertiary/aromatic N) is 1. The number of para-hydroxylation sites is 2. The van der Waals surface area contributed by atoms with Crippen LogP contribution in [-0.2, 0) is 4.79 Å². The monoisotopic (exact) mass is 357 g/mol. The van der Waals surface area contributed by atoms with E-state index in [1.54, 1.807) is 20.3 Å². The van der Waals surface area contributed by atoms with Crippen LogP contribution in [0, 0.1) is 0 Å². The van der Waals surface area contributed by atoms with Crippen molar-refractivity contribution in [1.29, 1.82) is 0 Å². The normalized spacial score (nSPS) is 15.9. The molecule has 1 aliphatic rings. The van der Waals surface area contributed by atoms with E-state index in [2.05, 4.69) is 0 Å². The van der Waals surface area contributed by atoms with Gasteiger partial charge in [-0.05, 0) is 35.9 Å². The van der Waals surface area contributed by atoms with Gasteiger partial charge in [-0.25, -0.2) is 0 Å². The molecule has 1 amide bonds. The molecule has 1 saturated heterocycles. The smallest absolute Gasteiger partial charge is 0.270 e. The number of hydrogen-bond acceptors (Lipinski definition) is 5. The van der Waals surface area contributed by atoms with Crippen LogP contribution in [0.1, 0.15) is 5.56 Å². The third kappa shape index (κ3) is 3.16. The Morgan fingerprint density at radius 2 is 1.75 bits per heavy atom. The SMILES string of the molecule is COc1ccc(/C=C2\SC(=S)N(c3ccccc3OC)C2=O)cc1. The van der Waals surface area contributed by atoms with E-state index < -0.39 is 0 Å². The number of amides is 1. The lowest BCUT2D eigenvalue weighted by molar-refractivity contribution is -0.113. The predicted octanol–water partition coefficient (Wildman–Crippen LogP) is 4.11. The summed E-state index contributed by atoms with van der Waals surface area (Å²) in [6.45, 7) is 0. The van der Waals surface area contributed by atoms with Crippen molar-refractivity contribution in [2.24, 2.45) is 0 Å². The van der Waals surface area contributed by atoms with E-state index >= 15 is 0 Å². The number of carbonyl (C=O) groups is 1. The first-order chi connectivity index (χ1) is 11.6. The summed E-state index contributed by atoms with van der Waals surface area (Å²) in [5.41, 5.74) is 1.57. The zero-order valence-corrected chi connectivity index (χ0v) is 14.8. The van der Waals surface area contributed by atoms with Crippen LogP contribution in [0.4, 0.5) is 5.69 Å². The molecule has 0 aromatic heterocycles. The molecule has 0 atom stereocenters. The lowest BCUT2D eigenvalue weighted by Crippen LogP contribution is -2.27. The molecule has 122 valence electrons. The van der Waals surface area contributed by atoms with Crippen molar-refractivity contribution >= 4 is 46.0 Å². The molecule has 0 saturated carbocycles. The number of methoxy groups -OCH3 is 2. The van der Waals surface area contributed by atoms with Crippen LogP contribution in [0.5, 0.6) is 11.5 Å². The van der Waals surface area contributed by atoms with Gasteiger partial charge in [0.15, 0.2) is 4.32 Å². The van der Waals surface area contributed by atoms with E-state index in [0.29, 0.717) is 20.7 Å². The number of hydrogen-bond donors (Lipinski definition) is 0. The number of carbonyl (C=O) groups excluding carboxylic acids is 1. The zero-order chi connectivity index (χ0) is 17.1.